The first-order chi connectivity index (χ1) is 10.2. The number of carbonyl (C=O) groups excluding carboxylic acids is 1. The lowest BCUT2D eigenvalue weighted by molar-refractivity contribution is 0.255. The minimum atomic E-state index is -0.216. The molecule has 1 aliphatic rings. The van der Waals surface area contributed by atoms with Crippen LogP contribution < -0.4 is 15.5 Å². The average Bonchev–Trinajstić information content (AvgIpc) is 2.49. The third kappa shape index (κ3) is 4.79. The number of nitrogens with zero attached hydrogens (tertiary/aromatic N) is 2. The van der Waals surface area contributed by atoms with Crippen molar-refractivity contribution in [3.05, 3.63) is 36.5 Å². The number of anilines is 2. The maximum atomic E-state index is 11.6. The van der Waals surface area contributed by atoms with Crippen LogP contribution in [0, 0.1) is 0 Å². The molecule has 1 saturated heterocycles. The molecule has 0 radical (unpaired) electrons. The Kier molecular flexibility index (Phi) is 5.63. The fourth-order valence-electron chi connectivity index (χ4n) is 2.24. The number of hydrogen-bond donors (Lipinski definition) is 2. The topological polar surface area (TPSA) is 47.6 Å². The monoisotopic (exact) mass is 288 g/mol. The van der Waals surface area contributed by atoms with E-state index in [1.807, 2.05) is 25.1 Å². The van der Waals surface area contributed by atoms with Gasteiger partial charge in [-0.25, -0.2) is 4.79 Å². The number of likely N-dealkylation sites (N-methyl/N-ethyl adjacent to an activating group) is 1. The molecule has 0 spiro atoms. The lowest BCUT2D eigenvalue weighted by Crippen LogP contribution is -2.44. The molecule has 5 nitrogen and oxygen atoms in total. The van der Waals surface area contributed by atoms with Gasteiger partial charge in [0, 0.05) is 43.8 Å². The molecule has 2 N–H and O–H groups in total. The molecule has 2 rings (SSSR count). The molecule has 0 bridgehead atoms. The highest BCUT2D eigenvalue weighted by Crippen LogP contribution is 2.19. The van der Waals surface area contributed by atoms with Crippen molar-refractivity contribution in [1.29, 1.82) is 0 Å². The summed E-state index contributed by atoms with van der Waals surface area (Å²) in [5.74, 6) is 0. The molecule has 1 fully saturated rings. The van der Waals surface area contributed by atoms with Gasteiger partial charge < -0.3 is 20.4 Å². The molecule has 1 heterocycles. The average molecular weight is 288 g/mol. The second kappa shape index (κ2) is 7.69. The number of amides is 2. The summed E-state index contributed by atoms with van der Waals surface area (Å²) in [6.07, 6.45) is 4.46. The van der Waals surface area contributed by atoms with Crippen LogP contribution in [0.25, 0.3) is 0 Å². The first-order valence-electron chi connectivity index (χ1n) is 7.45. The lowest BCUT2D eigenvalue weighted by atomic mass is 10.2. The quantitative estimate of drug-likeness (QED) is 0.895. The van der Waals surface area contributed by atoms with E-state index >= 15 is 0 Å². The normalized spacial score (nSPS) is 16.2. The number of hydrogen-bond acceptors (Lipinski definition) is 3. The molecular weight excluding hydrogens is 264 g/mol. The number of benzene rings is 1. The van der Waals surface area contributed by atoms with E-state index < -0.39 is 0 Å². The summed E-state index contributed by atoms with van der Waals surface area (Å²) in [6.45, 7) is 6.29. The van der Waals surface area contributed by atoms with Crippen LogP contribution in [0.15, 0.2) is 36.5 Å². The zero-order valence-electron chi connectivity index (χ0n) is 12.8. The Hall–Kier alpha value is -2.01. The van der Waals surface area contributed by atoms with Crippen molar-refractivity contribution in [3.8, 4) is 0 Å². The Labute approximate surface area is 126 Å². The van der Waals surface area contributed by atoms with Crippen LogP contribution in [0.1, 0.15) is 13.3 Å². The molecule has 1 aromatic rings. The summed E-state index contributed by atoms with van der Waals surface area (Å²) in [5.41, 5.74) is 2.01. The fourth-order valence-corrected chi connectivity index (χ4v) is 2.24. The van der Waals surface area contributed by atoms with E-state index in [2.05, 4.69) is 39.6 Å². The molecule has 1 aliphatic heterocycles. The van der Waals surface area contributed by atoms with E-state index in [-0.39, 0.29) is 6.03 Å². The standard InChI is InChI=1S/C16H24N4O/c1-3-4-9-17-16(21)18-14-5-7-15(8-6-14)20-12-10-19(2)11-13-20/h4-9H,3,10-13H2,1-2H3,(H2,17,18,21)/b9-4+. The fraction of sp³-hybridized carbons (Fsp3) is 0.438. The molecule has 114 valence electrons. The predicted molar refractivity (Wildman–Crippen MR) is 87.7 cm³/mol. The molecule has 5 heteroatoms. The molecule has 0 atom stereocenters. The summed E-state index contributed by atoms with van der Waals surface area (Å²) >= 11 is 0. The van der Waals surface area contributed by atoms with Gasteiger partial charge in [-0.05, 0) is 37.7 Å². The number of carbonyl (C=O) groups is 1. The number of allylic oxidation sites excluding steroid dienone is 1. The minimum absolute atomic E-state index is 0.216. The Morgan fingerprint density at radius 2 is 1.86 bits per heavy atom. The number of urea groups is 1. The molecule has 1 aromatic carbocycles. The highest BCUT2D eigenvalue weighted by molar-refractivity contribution is 5.90. The van der Waals surface area contributed by atoms with Crippen LogP contribution in [0.2, 0.25) is 0 Å². The van der Waals surface area contributed by atoms with Crippen molar-refractivity contribution in [2.75, 3.05) is 43.4 Å². The lowest BCUT2D eigenvalue weighted by Gasteiger charge is -2.34. The van der Waals surface area contributed by atoms with Crippen molar-refractivity contribution in [1.82, 2.24) is 10.2 Å². The van der Waals surface area contributed by atoms with Crippen molar-refractivity contribution < 1.29 is 4.79 Å². The van der Waals surface area contributed by atoms with Crippen LogP contribution in [0.4, 0.5) is 16.2 Å². The third-order valence-electron chi connectivity index (χ3n) is 3.56. The summed E-state index contributed by atoms with van der Waals surface area (Å²) in [4.78, 5) is 16.3. The highest BCUT2D eigenvalue weighted by atomic mass is 16.2. The van der Waals surface area contributed by atoms with E-state index in [0.717, 1.165) is 38.3 Å². The van der Waals surface area contributed by atoms with Gasteiger partial charge in [-0.15, -0.1) is 0 Å². The molecule has 0 aromatic heterocycles. The van der Waals surface area contributed by atoms with Gasteiger partial charge >= 0.3 is 6.03 Å². The number of rotatable bonds is 4. The summed E-state index contributed by atoms with van der Waals surface area (Å²) in [5, 5.41) is 5.48. The van der Waals surface area contributed by atoms with Gasteiger partial charge in [0.1, 0.15) is 0 Å². The molecule has 0 saturated carbocycles. The Bertz CT molecular complexity index is 476. The van der Waals surface area contributed by atoms with Gasteiger partial charge in [-0.2, -0.15) is 0 Å². The van der Waals surface area contributed by atoms with Gasteiger partial charge in [0.25, 0.3) is 0 Å². The van der Waals surface area contributed by atoms with Crippen molar-refractivity contribution in [2.24, 2.45) is 0 Å². The first kappa shape index (κ1) is 15.4. The smallest absolute Gasteiger partial charge is 0.323 e. The molecule has 0 unspecified atom stereocenters. The third-order valence-corrected chi connectivity index (χ3v) is 3.56. The highest BCUT2D eigenvalue weighted by Gasteiger charge is 2.13. The summed E-state index contributed by atoms with van der Waals surface area (Å²) < 4.78 is 0. The van der Waals surface area contributed by atoms with Crippen LogP contribution >= 0.6 is 0 Å². The van der Waals surface area contributed by atoms with Gasteiger partial charge in [-0.3, -0.25) is 0 Å². The van der Waals surface area contributed by atoms with Gasteiger partial charge in [-0.1, -0.05) is 13.0 Å². The second-order valence-electron chi connectivity index (χ2n) is 5.25. The molecule has 21 heavy (non-hydrogen) atoms. The van der Waals surface area contributed by atoms with Crippen LogP contribution in [-0.4, -0.2) is 44.2 Å². The Morgan fingerprint density at radius 3 is 2.48 bits per heavy atom. The van der Waals surface area contributed by atoms with Gasteiger partial charge in [0.15, 0.2) is 0 Å². The largest absolute Gasteiger partial charge is 0.369 e. The minimum Gasteiger partial charge on any atom is -0.369 e. The molecule has 0 aliphatic carbocycles. The summed E-state index contributed by atoms with van der Waals surface area (Å²) in [7, 11) is 2.15. The van der Waals surface area contributed by atoms with Gasteiger partial charge in [0.2, 0.25) is 0 Å². The SMILES string of the molecule is CC/C=C/NC(=O)Nc1ccc(N2CCN(C)CC2)cc1. The van der Waals surface area contributed by atoms with Crippen molar-refractivity contribution in [2.45, 2.75) is 13.3 Å². The van der Waals surface area contributed by atoms with Crippen LogP contribution in [0.3, 0.4) is 0 Å². The maximum Gasteiger partial charge on any atom is 0.323 e. The zero-order valence-corrected chi connectivity index (χ0v) is 12.8. The van der Waals surface area contributed by atoms with Crippen LogP contribution in [0.5, 0.6) is 0 Å². The number of nitrogens with one attached hydrogen (secondary N) is 2. The van der Waals surface area contributed by atoms with E-state index in [4.69, 9.17) is 0 Å². The zero-order chi connectivity index (χ0) is 15.1. The molecular formula is C16H24N4O. The van der Waals surface area contributed by atoms with E-state index in [1.54, 1.807) is 6.20 Å². The van der Waals surface area contributed by atoms with E-state index in [9.17, 15) is 4.79 Å². The Morgan fingerprint density at radius 1 is 1.19 bits per heavy atom. The van der Waals surface area contributed by atoms with E-state index in [1.165, 1.54) is 5.69 Å². The van der Waals surface area contributed by atoms with Gasteiger partial charge in [0.05, 0.1) is 0 Å². The van der Waals surface area contributed by atoms with Crippen molar-refractivity contribution >= 4 is 17.4 Å². The second-order valence-corrected chi connectivity index (χ2v) is 5.25. The molecule has 2 amide bonds. The van der Waals surface area contributed by atoms with Crippen molar-refractivity contribution in [3.63, 3.8) is 0 Å². The van der Waals surface area contributed by atoms with Crippen LogP contribution in [-0.2, 0) is 0 Å². The van der Waals surface area contributed by atoms with E-state index in [0.29, 0.717) is 0 Å². The number of piperazine rings is 1. The maximum absolute atomic E-state index is 11.6. The Balaban J connectivity index is 1.87. The predicted octanol–water partition coefficient (Wildman–Crippen LogP) is 2.48. The summed E-state index contributed by atoms with van der Waals surface area (Å²) in [6, 6.07) is 7.78. The first-order valence-corrected chi connectivity index (χ1v) is 7.45.